The summed E-state index contributed by atoms with van der Waals surface area (Å²) in [5.41, 5.74) is 1.22. The minimum absolute atomic E-state index is 0.0244. The first-order valence-electron chi connectivity index (χ1n) is 9.86. The second kappa shape index (κ2) is 10.4. The van der Waals surface area contributed by atoms with Crippen molar-refractivity contribution in [2.75, 3.05) is 0 Å². The van der Waals surface area contributed by atoms with Crippen molar-refractivity contribution < 1.29 is 9.52 Å². The molecule has 3 nitrogen and oxygen atoms in total. The van der Waals surface area contributed by atoms with Gasteiger partial charge in [-0.05, 0) is 56.9 Å². The molecule has 3 atom stereocenters. The molecule has 3 heteroatoms. The van der Waals surface area contributed by atoms with Gasteiger partial charge in [-0.15, -0.1) is 0 Å². The van der Waals surface area contributed by atoms with Gasteiger partial charge >= 0.3 is 5.63 Å². The lowest BCUT2D eigenvalue weighted by molar-refractivity contribution is 0.353. The van der Waals surface area contributed by atoms with E-state index in [0.29, 0.717) is 17.2 Å². The van der Waals surface area contributed by atoms with Gasteiger partial charge in [0.15, 0.2) is 0 Å². The highest BCUT2D eigenvalue weighted by Gasteiger charge is 2.14. The van der Waals surface area contributed by atoms with Crippen LogP contribution in [0.25, 0.3) is 5.57 Å². The fourth-order valence-corrected chi connectivity index (χ4v) is 3.68. The normalized spacial score (nSPS) is 16.0. The van der Waals surface area contributed by atoms with Gasteiger partial charge in [0, 0.05) is 5.56 Å². The third kappa shape index (κ3) is 6.51. The molecular formula is C23H36O3. The molecule has 0 aliphatic heterocycles. The summed E-state index contributed by atoms with van der Waals surface area (Å²) in [7, 11) is 0. The second-order valence-electron chi connectivity index (χ2n) is 8.00. The van der Waals surface area contributed by atoms with Crippen molar-refractivity contribution in [1.29, 1.82) is 0 Å². The molecule has 146 valence electrons. The van der Waals surface area contributed by atoms with Crippen LogP contribution in [0.15, 0.2) is 27.4 Å². The van der Waals surface area contributed by atoms with Crippen LogP contribution >= 0.6 is 0 Å². The zero-order valence-electron chi connectivity index (χ0n) is 17.6. The summed E-state index contributed by atoms with van der Waals surface area (Å²) in [4.78, 5) is 11.8. The molecule has 0 amide bonds. The summed E-state index contributed by atoms with van der Waals surface area (Å²) >= 11 is 0. The van der Waals surface area contributed by atoms with Gasteiger partial charge in [0.25, 0.3) is 0 Å². The Morgan fingerprint density at radius 1 is 1.12 bits per heavy atom. The predicted octanol–water partition coefficient (Wildman–Crippen LogP) is 6.41. The van der Waals surface area contributed by atoms with Crippen molar-refractivity contribution in [2.45, 2.75) is 74.1 Å². The molecule has 0 saturated carbocycles. The van der Waals surface area contributed by atoms with E-state index in [1.54, 1.807) is 13.8 Å². The standard InChI is InChI=1S/C23H36O3/c1-8-10-15(2)13-17(4)14-16(3)11-9-12-18(5)22-19(6)21(24)20(7)23(25)26-22/h9,11-12,15-17,24H,8,10,13-14H2,1-7H3/b11-9+,18-12-/t15-,16+,17-/m0/s1. The molecule has 1 rings (SSSR count). The minimum atomic E-state index is -0.483. The number of hydrogen-bond donors (Lipinski definition) is 1. The molecule has 1 aromatic rings. The molecule has 1 heterocycles. The number of allylic oxidation sites excluding steroid dienone is 4. The Hall–Kier alpha value is -1.77. The topological polar surface area (TPSA) is 50.4 Å². The van der Waals surface area contributed by atoms with E-state index in [-0.39, 0.29) is 11.3 Å². The third-order valence-corrected chi connectivity index (χ3v) is 5.06. The van der Waals surface area contributed by atoms with E-state index in [1.807, 2.05) is 19.1 Å². The van der Waals surface area contributed by atoms with Crippen LogP contribution in [0, 0.1) is 31.6 Å². The van der Waals surface area contributed by atoms with E-state index in [2.05, 4.69) is 33.8 Å². The van der Waals surface area contributed by atoms with Crippen LogP contribution in [0.4, 0.5) is 0 Å². The van der Waals surface area contributed by atoms with E-state index in [9.17, 15) is 9.90 Å². The summed E-state index contributed by atoms with van der Waals surface area (Å²) < 4.78 is 5.35. The molecule has 0 aromatic carbocycles. The summed E-state index contributed by atoms with van der Waals surface area (Å²) in [6.07, 6.45) is 11.2. The smallest absolute Gasteiger partial charge is 0.342 e. The Morgan fingerprint density at radius 2 is 1.77 bits per heavy atom. The monoisotopic (exact) mass is 360 g/mol. The van der Waals surface area contributed by atoms with E-state index in [1.165, 1.54) is 25.7 Å². The van der Waals surface area contributed by atoms with Crippen molar-refractivity contribution in [1.82, 2.24) is 0 Å². The van der Waals surface area contributed by atoms with Crippen molar-refractivity contribution >= 4 is 5.57 Å². The lowest BCUT2D eigenvalue weighted by atomic mass is 9.87. The van der Waals surface area contributed by atoms with Crippen LogP contribution in [0.1, 0.15) is 77.2 Å². The molecule has 0 aliphatic carbocycles. The molecular weight excluding hydrogens is 324 g/mol. The molecule has 0 bridgehead atoms. The fourth-order valence-electron chi connectivity index (χ4n) is 3.68. The summed E-state index contributed by atoms with van der Waals surface area (Å²) in [5.74, 6) is 2.50. The Labute approximate surface area is 158 Å². The molecule has 26 heavy (non-hydrogen) atoms. The Bertz CT molecular complexity index is 694. The van der Waals surface area contributed by atoms with Gasteiger partial charge in [0.1, 0.15) is 11.5 Å². The fraction of sp³-hybridized carbons (Fsp3) is 0.609. The molecule has 0 saturated heterocycles. The van der Waals surface area contributed by atoms with Gasteiger partial charge in [0.05, 0.1) is 5.56 Å². The van der Waals surface area contributed by atoms with Gasteiger partial charge in [-0.3, -0.25) is 0 Å². The zero-order chi connectivity index (χ0) is 19.9. The quantitative estimate of drug-likeness (QED) is 0.518. The average molecular weight is 361 g/mol. The van der Waals surface area contributed by atoms with Gasteiger partial charge < -0.3 is 9.52 Å². The van der Waals surface area contributed by atoms with Crippen LogP contribution in [0.5, 0.6) is 5.75 Å². The van der Waals surface area contributed by atoms with Crippen LogP contribution < -0.4 is 5.63 Å². The maximum absolute atomic E-state index is 11.8. The second-order valence-corrected chi connectivity index (χ2v) is 8.00. The molecule has 0 fully saturated rings. The van der Waals surface area contributed by atoms with Crippen molar-refractivity contribution in [3.63, 3.8) is 0 Å². The Balaban J connectivity index is 2.73. The number of hydrogen-bond acceptors (Lipinski definition) is 3. The van der Waals surface area contributed by atoms with Crippen LogP contribution in [0.2, 0.25) is 0 Å². The first-order chi connectivity index (χ1) is 12.2. The lowest BCUT2D eigenvalue weighted by Gasteiger charge is -2.18. The highest BCUT2D eigenvalue weighted by Crippen LogP contribution is 2.27. The SMILES string of the molecule is CCC[C@H](C)C[C@H](C)C[C@H](C)/C=C/C=C(/C)c1oc(=O)c(C)c(O)c1C. The van der Waals surface area contributed by atoms with Gasteiger partial charge in [-0.2, -0.15) is 0 Å². The van der Waals surface area contributed by atoms with Crippen LogP contribution in [-0.2, 0) is 0 Å². The maximum Gasteiger partial charge on any atom is 0.342 e. The first-order valence-corrected chi connectivity index (χ1v) is 9.86. The summed E-state index contributed by atoms with van der Waals surface area (Å²) in [5, 5.41) is 10.0. The molecule has 0 aliphatic rings. The molecule has 1 aromatic heterocycles. The summed E-state index contributed by atoms with van der Waals surface area (Å²) in [6, 6.07) is 0. The van der Waals surface area contributed by atoms with Gasteiger partial charge in [-0.25, -0.2) is 4.79 Å². The van der Waals surface area contributed by atoms with E-state index in [4.69, 9.17) is 4.42 Å². The molecule has 0 unspecified atom stereocenters. The number of rotatable bonds is 9. The van der Waals surface area contributed by atoms with Crippen molar-refractivity contribution in [3.05, 3.63) is 45.5 Å². The predicted molar refractivity (Wildman–Crippen MR) is 111 cm³/mol. The van der Waals surface area contributed by atoms with Crippen molar-refractivity contribution in [3.8, 4) is 5.75 Å². The van der Waals surface area contributed by atoms with Gasteiger partial charge in [0.2, 0.25) is 0 Å². The van der Waals surface area contributed by atoms with E-state index < -0.39 is 5.63 Å². The highest BCUT2D eigenvalue weighted by atomic mass is 16.4. The summed E-state index contributed by atoms with van der Waals surface area (Å²) in [6.45, 7) is 14.4. The van der Waals surface area contributed by atoms with E-state index >= 15 is 0 Å². The minimum Gasteiger partial charge on any atom is -0.507 e. The average Bonchev–Trinajstić information content (AvgIpc) is 2.55. The van der Waals surface area contributed by atoms with Crippen LogP contribution in [0.3, 0.4) is 0 Å². The molecule has 1 N–H and O–H groups in total. The highest BCUT2D eigenvalue weighted by molar-refractivity contribution is 5.65. The lowest BCUT2D eigenvalue weighted by Crippen LogP contribution is -2.07. The Morgan fingerprint density at radius 3 is 2.38 bits per heavy atom. The maximum atomic E-state index is 11.8. The Kier molecular flexibility index (Phi) is 8.91. The largest absolute Gasteiger partial charge is 0.507 e. The molecule has 0 radical (unpaired) electrons. The van der Waals surface area contributed by atoms with Crippen molar-refractivity contribution in [2.24, 2.45) is 17.8 Å². The number of aromatic hydroxyl groups is 1. The van der Waals surface area contributed by atoms with Crippen LogP contribution in [-0.4, -0.2) is 5.11 Å². The molecule has 0 spiro atoms. The third-order valence-electron chi connectivity index (χ3n) is 5.06. The van der Waals surface area contributed by atoms with Gasteiger partial charge in [-0.1, -0.05) is 58.8 Å². The first kappa shape index (κ1) is 22.3. The van der Waals surface area contributed by atoms with E-state index in [0.717, 1.165) is 17.4 Å². The zero-order valence-corrected chi connectivity index (χ0v) is 17.6.